The number of likely N-dealkylation sites (N-methyl/N-ethyl adjacent to an activating group) is 1. The molecule has 5 nitrogen and oxygen atoms in total. The molecule has 3 aromatic rings. The first-order valence-corrected chi connectivity index (χ1v) is 8.94. The molecule has 1 aromatic carbocycles. The van der Waals surface area contributed by atoms with Crippen LogP contribution >= 0.6 is 0 Å². The number of benzene rings is 1. The second-order valence-corrected chi connectivity index (χ2v) is 6.75. The minimum Gasteiger partial charge on any atom is -0.328 e. The predicted octanol–water partition coefficient (Wildman–Crippen LogP) is 3.27. The van der Waals surface area contributed by atoms with Gasteiger partial charge in [-0.15, -0.1) is 0 Å². The van der Waals surface area contributed by atoms with Crippen molar-refractivity contribution in [3.8, 4) is 5.69 Å². The summed E-state index contributed by atoms with van der Waals surface area (Å²) in [6.45, 7) is 4.38. The van der Waals surface area contributed by atoms with E-state index in [1.165, 1.54) is 37.1 Å². The predicted molar refractivity (Wildman–Crippen MR) is 96.5 cm³/mol. The van der Waals surface area contributed by atoms with Crippen LogP contribution < -0.4 is 0 Å². The Hall–Kier alpha value is -2.14. The van der Waals surface area contributed by atoms with E-state index in [9.17, 15) is 0 Å². The Morgan fingerprint density at radius 2 is 2.17 bits per heavy atom. The summed E-state index contributed by atoms with van der Waals surface area (Å²) in [7, 11) is 2.25. The summed E-state index contributed by atoms with van der Waals surface area (Å²) in [4.78, 5) is 11.6. The number of nitrogens with zero attached hydrogens (tertiary/aromatic N) is 5. The van der Waals surface area contributed by atoms with Crippen molar-refractivity contribution in [1.29, 1.82) is 0 Å². The molecule has 0 radical (unpaired) electrons. The highest BCUT2D eigenvalue weighted by molar-refractivity contribution is 5.78. The number of rotatable bonds is 4. The van der Waals surface area contributed by atoms with Gasteiger partial charge < -0.3 is 14.0 Å². The summed E-state index contributed by atoms with van der Waals surface area (Å²) in [6.07, 6.45) is 10.6. The highest BCUT2D eigenvalue weighted by Crippen LogP contribution is 2.24. The van der Waals surface area contributed by atoms with Gasteiger partial charge in [0.2, 0.25) is 0 Å². The van der Waals surface area contributed by atoms with Gasteiger partial charge in [0.1, 0.15) is 5.82 Å². The normalized spacial score (nSPS) is 19.2. The molecular formula is C19H25N5. The SMILES string of the molecule is CCn1c(CC2CCCCN2C)nc2cc(-n3ccnc3)ccc21. The molecule has 0 spiro atoms. The molecule has 0 aliphatic carbocycles. The monoisotopic (exact) mass is 323 g/mol. The molecule has 1 fully saturated rings. The van der Waals surface area contributed by atoms with Gasteiger partial charge >= 0.3 is 0 Å². The maximum Gasteiger partial charge on any atom is 0.111 e. The Kier molecular flexibility index (Phi) is 4.10. The fourth-order valence-corrected chi connectivity index (χ4v) is 3.86. The Bertz CT molecular complexity index is 818. The van der Waals surface area contributed by atoms with Crippen LogP contribution in [-0.2, 0) is 13.0 Å². The van der Waals surface area contributed by atoms with E-state index in [1.54, 1.807) is 6.20 Å². The maximum absolute atomic E-state index is 4.99. The van der Waals surface area contributed by atoms with E-state index in [1.807, 2.05) is 17.1 Å². The summed E-state index contributed by atoms with van der Waals surface area (Å²) in [5, 5.41) is 0. The number of fused-ring (bicyclic) bond motifs is 1. The van der Waals surface area contributed by atoms with Crippen LogP contribution in [0.3, 0.4) is 0 Å². The van der Waals surface area contributed by atoms with Crippen molar-refractivity contribution in [1.82, 2.24) is 24.0 Å². The zero-order valence-corrected chi connectivity index (χ0v) is 14.5. The third-order valence-corrected chi connectivity index (χ3v) is 5.27. The number of imidazole rings is 2. The molecule has 0 saturated carbocycles. The molecule has 2 aromatic heterocycles. The fraction of sp³-hybridized carbons (Fsp3) is 0.474. The van der Waals surface area contributed by atoms with Gasteiger partial charge in [0.15, 0.2) is 0 Å². The first-order chi connectivity index (χ1) is 11.8. The van der Waals surface area contributed by atoms with Crippen LogP contribution in [0.4, 0.5) is 0 Å². The van der Waals surface area contributed by atoms with Crippen molar-refractivity contribution in [2.24, 2.45) is 0 Å². The number of likely N-dealkylation sites (tertiary alicyclic amines) is 1. The highest BCUT2D eigenvalue weighted by atomic mass is 15.1. The topological polar surface area (TPSA) is 38.9 Å². The van der Waals surface area contributed by atoms with Crippen molar-refractivity contribution < 1.29 is 0 Å². The largest absolute Gasteiger partial charge is 0.328 e. The van der Waals surface area contributed by atoms with Crippen LogP contribution in [0.25, 0.3) is 16.7 Å². The molecular weight excluding hydrogens is 298 g/mol. The Morgan fingerprint density at radius 1 is 1.25 bits per heavy atom. The van der Waals surface area contributed by atoms with Gasteiger partial charge in [0, 0.05) is 37.1 Å². The minimum atomic E-state index is 0.619. The van der Waals surface area contributed by atoms with Crippen LogP contribution in [0.2, 0.25) is 0 Å². The van der Waals surface area contributed by atoms with Crippen molar-refractivity contribution in [3.05, 3.63) is 42.7 Å². The molecule has 1 saturated heterocycles. The number of aryl methyl sites for hydroxylation is 1. The first kappa shape index (κ1) is 15.4. The van der Waals surface area contributed by atoms with E-state index in [-0.39, 0.29) is 0 Å². The summed E-state index contributed by atoms with van der Waals surface area (Å²) in [5.74, 6) is 1.22. The summed E-state index contributed by atoms with van der Waals surface area (Å²) < 4.78 is 4.40. The molecule has 24 heavy (non-hydrogen) atoms. The molecule has 5 heteroatoms. The Labute approximate surface area is 142 Å². The molecule has 1 aliphatic rings. The van der Waals surface area contributed by atoms with E-state index in [4.69, 9.17) is 4.98 Å². The quantitative estimate of drug-likeness (QED) is 0.740. The van der Waals surface area contributed by atoms with Gasteiger partial charge in [-0.1, -0.05) is 6.42 Å². The van der Waals surface area contributed by atoms with Crippen LogP contribution in [0, 0.1) is 0 Å². The lowest BCUT2D eigenvalue weighted by Gasteiger charge is -2.32. The van der Waals surface area contributed by atoms with Crippen molar-refractivity contribution >= 4 is 11.0 Å². The van der Waals surface area contributed by atoms with Gasteiger partial charge in [-0.05, 0) is 51.6 Å². The van der Waals surface area contributed by atoms with Crippen LogP contribution in [0.5, 0.6) is 0 Å². The molecule has 0 N–H and O–H groups in total. The third kappa shape index (κ3) is 2.73. The summed E-state index contributed by atoms with van der Waals surface area (Å²) in [6, 6.07) is 7.12. The summed E-state index contributed by atoms with van der Waals surface area (Å²) >= 11 is 0. The molecule has 0 amide bonds. The van der Waals surface area contributed by atoms with Crippen LogP contribution in [0.15, 0.2) is 36.9 Å². The minimum absolute atomic E-state index is 0.619. The second kappa shape index (κ2) is 6.40. The van der Waals surface area contributed by atoms with Crippen molar-refractivity contribution in [3.63, 3.8) is 0 Å². The molecule has 0 bridgehead atoms. The average molecular weight is 323 g/mol. The number of aromatic nitrogens is 4. The van der Waals surface area contributed by atoms with Crippen LogP contribution in [0.1, 0.15) is 32.0 Å². The molecule has 126 valence electrons. The van der Waals surface area contributed by atoms with E-state index in [0.717, 1.165) is 24.2 Å². The highest BCUT2D eigenvalue weighted by Gasteiger charge is 2.22. The van der Waals surface area contributed by atoms with E-state index < -0.39 is 0 Å². The van der Waals surface area contributed by atoms with E-state index >= 15 is 0 Å². The van der Waals surface area contributed by atoms with E-state index in [0.29, 0.717) is 6.04 Å². The zero-order chi connectivity index (χ0) is 16.5. The number of hydrogen-bond donors (Lipinski definition) is 0. The molecule has 3 heterocycles. The van der Waals surface area contributed by atoms with Gasteiger partial charge in [0.05, 0.1) is 17.4 Å². The van der Waals surface area contributed by atoms with Crippen molar-refractivity contribution in [2.75, 3.05) is 13.6 Å². The van der Waals surface area contributed by atoms with Crippen molar-refractivity contribution in [2.45, 2.75) is 45.2 Å². The molecule has 4 rings (SSSR count). The Morgan fingerprint density at radius 3 is 2.92 bits per heavy atom. The van der Waals surface area contributed by atoms with Gasteiger partial charge in [-0.2, -0.15) is 0 Å². The van der Waals surface area contributed by atoms with Gasteiger partial charge in [-0.25, -0.2) is 9.97 Å². The molecule has 1 aliphatic heterocycles. The van der Waals surface area contributed by atoms with E-state index in [2.05, 4.69) is 46.6 Å². The second-order valence-electron chi connectivity index (χ2n) is 6.75. The Balaban J connectivity index is 1.70. The first-order valence-electron chi connectivity index (χ1n) is 8.94. The average Bonchev–Trinajstić information content (AvgIpc) is 3.23. The third-order valence-electron chi connectivity index (χ3n) is 5.27. The maximum atomic E-state index is 4.99. The molecule has 1 unspecified atom stereocenters. The standard InChI is InChI=1S/C19H25N5/c1-3-24-18-8-7-16(23-11-9-20-14-23)12-17(18)21-19(24)13-15-6-4-5-10-22(15)2/h7-9,11-12,14-15H,3-6,10,13H2,1-2H3. The lowest BCUT2D eigenvalue weighted by Crippen LogP contribution is -2.38. The number of piperidine rings is 1. The van der Waals surface area contributed by atoms with Gasteiger partial charge in [-0.3, -0.25) is 0 Å². The van der Waals surface area contributed by atoms with Gasteiger partial charge in [0.25, 0.3) is 0 Å². The number of hydrogen-bond acceptors (Lipinski definition) is 3. The lowest BCUT2D eigenvalue weighted by molar-refractivity contribution is 0.182. The lowest BCUT2D eigenvalue weighted by atomic mass is 10.00. The van der Waals surface area contributed by atoms with Crippen LogP contribution in [-0.4, -0.2) is 43.6 Å². The smallest absolute Gasteiger partial charge is 0.111 e. The zero-order valence-electron chi connectivity index (χ0n) is 14.5. The molecule has 1 atom stereocenters. The fourth-order valence-electron chi connectivity index (χ4n) is 3.86. The summed E-state index contributed by atoms with van der Waals surface area (Å²) in [5.41, 5.74) is 3.42.